The van der Waals surface area contributed by atoms with Crippen molar-refractivity contribution in [2.75, 3.05) is 6.61 Å². The molecule has 1 N–H and O–H groups in total. The highest BCUT2D eigenvalue weighted by Gasteiger charge is 2.25. The Balaban J connectivity index is 3.94. The van der Waals surface area contributed by atoms with Crippen molar-refractivity contribution in [1.29, 1.82) is 0 Å². The van der Waals surface area contributed by atoms with Crippen LogP contribution in [-0.2, 0) is 0 Å². The third kappa shape index (κ3) is 2.30. The Morgan fingerprint density at radius 1 is 1.40 bits per heavy atom. The van der Waals surface area contributed by atoms with Crippen molar-refractivity contribution in [2.45, 2.75) is 40.5 Å². The van der Waals surface area contributed by atoms with Crippen molar-refractivity contribution in [3.63, 3.8) is 0 Å². The summed E-state index contributed by atoms with van der Waals surface area (Å²) in [7, 11) is 0. The molecule has 0 aromatic heterocycles. The Morgan fingerprint density at radius 3 is 2.00 bits per heavy atom. The Kier molecular flexibility index (Phi) is 3.95. The lowest BCUT2D eigenvalue weighted by atomic mass is 9.76. The number of hydrogen-bond donors (Lipinski definition) is 1. The minimum atomic E-state index is 0.148. The molecule has 0 spiro atoms. The second-order valence-electron chi connectivity index (χ2n) is 3.72. The summed E-state index contributed by atoms with van der Waals surface area (Å²) >= 11 is 0. The van der Waals surface area contributed by atoms with Crippen molar-refractivity contribution in [3.8, 4) is 0 Å². The Hall–Kier alpha value is -0.0400. The van der Waals surface area contributed by atoms with Crippen LogP contribution in [0.25, 0.3) is 0 Å². The fourth-order valence-electron chi connectivity index (χ4n) is 1.12. The Labute approximate surface area is 64.5 Å². The molecule has 0 bridgehead atoms. The number of rotatable bonds is 4. The van der Waals surface area contributed by atoms with Crippen LogP contribution in [0.3, 0.4) is 0 Å². The minimum absolute atomic E-state index is 0.148. The van der Waals surface area contributed by atoms with E-state index in [2.05, 4.69) is 27.7 Å². The lowest BCUT2D eigenvalue weighted by molar-refractivity contribution is 0.0847. The van der Waals surface area contributed by atoms with Gasteiger partial charge in [-0.15, -0.1) is 0 Å². The summed E-state index contributed by atoms with van der Waals surface area (Å²) in [6.07, 6.45) is 2.29. The van der Waals surface area contributed by atoms with Crippen molar-refractivity contribution >= 4 is 0 Å². The van der Waals surface area contributed by atoms with Gasteiger partial charge in [0.15, 0.2) is 0 Å². The molecule has 1 nitrogen and oxygen atoms in total. The Morgan fingerprint density at radius 2 is 1.90 bits per heavy atom. The van der Waals surface area contributed by atoms with Gasteiger partial charge in [-0.1, -0.05) is 34.1 Å². The number of aliphatic hydroxyl groups is 1. The topological polar surface area (TPSA) is 20.2 Å². The zero-order valence-electron chi connectivity index (χ0n) is 7.65. The van der Waals surface area contributed by atoms with Gasteiger partial charge < -0.3 is 5.11 Å². The van der Waals surface area contributed by atoms with Gasteiger partial charge in [0.2, 0.25) is 0 Å². The average Bonchev–Trinajstić information content (AvgIpc) is 1.88. The smallest absolute Gasteiger partial charge is 0.0487 e. The van der Waals surface area contributed by atoms with E-state index in [0.29, 0.717) is 12.5 Å². The molecule has 0 rings (SSSR count). The first-order chi connectivity index (χ1) is 4.56. The van der Waals surface area contributed by atoms with Crippen LogP contribution in [0.2, 0.25) is 0 Å². The highest BCUT2D eigenvalue weighted by molar-refractivity contribution is 4.75. The van der Waals surface area contributed by atoms with Crippen molar-refractivity contribution in [2.24, 2.45) is 11.3 Å². The van der Waals surface area contributed by atoms with Gasteiger partial charge >= 0.3 is 0 Å². The number of hydrogen-bond acceptors (Lipinski definition) is 1. The molecule has 1 heteroatoms. The normalized spacial score (nSPS) is 17.4. The number of aliphatic hydroxyl groups excluding tert-OH is 1. The maximum atomic E-state index is 9.09. The third-order valence-electron chi connectivity index (χ3n) is 2.58. The second kappa shape index (κ2) is 3.97. The van der Waals surface area contributed by atoms with E-state index in [4.69, 9.17) is 5.11 Å². The van der Waals surface area contributed by atoms with Crippen molar-refractivity contribution < 1.29 is 5.11 Å². The fourth-order valence-corrected chi connectivity index (χ4v) is 1.12. The highest BCUT2D eigenvalue weighted by atomic mass is 16.3. The molecular weight excluding hydrogens is 124 g/mol. The van der Waals surface area contributed by atoms with Crippen LogP contribution in [0.4, 0.5) is 0 Å². The highest BCUT2D eigenvalue weighted by Crippen LogP contribution is 2.31. The van der Waals surface area contributed by atoms with E-state index >= 15 is 0 Å². The van der Waals surface area contributed by atoms with Crippen LogP contribution < -0.4 is 0 Å². The minimum Gasteiger partial charge on any atom is -0.396 e. The third-order valence-corrected chi connectivity index (χ3v) is 2.58. The lowest BCUT2D eigenvalue weighted by Crippen LogP contribution is -2.27. The van der Waals surface area contributed by atoms with Gasteiger partial charge in [0, 0.05) is 6.61 Å². The molecule has 0 aliphatic heterocycles. The summed E-state index contributed by atoms with van der Waals surface area (Å²) in [6, 6.07) is 0. The van der Waals surface area contributed by atoms with Gasteiger partial charge in [0.05, 0.1) is 0 Å². The first-order valence-corrected chi connectivity index (χ1v) is 4.17. The van der Waals surface area contributed by atoms with Crippen molar-refractivity contribution in [3.05, 3.63) is 0 Å². The molecule has 0 amide bonds. The maximum Gasteiger partial charge on any atom is 0.0487 e. The standard InChI is InChI=1S/C9H20O/c1-5-6-9(4,7-10)8(2)3/h8,10H,5-7H2,1-4H3/t9-/m1/s1. The van der Waals surface area contributed by atoms with Crippen LogP contribution in [-0.4, -0.2) is 11.7 Å². The molecule has 0 fully saturated rings. The molecule has 0 aromatic rings. The molecule has 0 unspecified atom stereocenters. The van der Waals surface area contributed by atoms with Crippen LogP contribution in [0, 0.1) is 11.3 Å². The summed E-state index contributed by atoms with van der Waals surface area (Å²) < 4.78 is 0. The molecule has 10 heavy (non-hydrogen) atoms. The zero-order valence-corrected chi connectivity index (χ0v) is 7.65. The van der Waals surface area contributed by atoms with Crippen LogP contribution >= 0.6 is 0 Å². The summed E-state index contributed by atoms with van der Waals surface area (Å²) in [4.78, 5) is 0. The summed E-state index contributed by atoms with van der Waals surface area (Å²) in [6.45, 7) is 8.98. The summed E-state index contributed by atoms with van der Waals surface area (Å²) in [5.41, 5.74) is 0.148. The lowest BCUT2D eigenvalue weighted by Gasteiger charge is -2.31. The molecule has 0 aromatic carbocycles. The first kappa shape index (κ1) is 9.96. The average molecular weight is 144 g/mol. The molecule has 0 radical (unpaired) electrons. The van der Waals surface area contributed by atoms with E-state index in [9.17, 15) is 0 Å². The van der Waals surface area contributed by atoms with E-state index in [1.165, 1.54) is 0 Å². The van der Waals surface area contributed by atoms with Gasteiger partial charge in [-0.25, -0.2) is 0 Å². The second-order valence-corrected chi connectivity index (χ2v) is 3.72. The molecule has 0 aliphatic carbocycles. The predicted octanol–water partition coefficient (Wildman–Crippen LogP) is 2.44. The largest absolute Gasteiger partial charge is 0.396 e. The van der Waals surface area contributed by atoms with Gasteiger partial charge in [-0.3, -0.25) is 0 Å². The molecule has 0 saturated carbocycles. The molecule has 0 aliphatic rings. The molecule has 62 valence electrons. The van der Waals surface area contributed by atoms with Gasteiger partial charge in [-0.05, 0) is 17.8 Å². The van der Waals surface area contributed by atoms with Gasteiger partial charge in [0.25, 0.3) is 0 Å². The van der Waals surface area contributed by atoms with Crippen LogP contribution in [0.1, 0.15) is 40.5 Å². The zero-order chi connectivity index (χ0) is 8.20. The predicted molar refractivity (Wildman–Crippen MR) is 44.9 cm³/mol. The fraction of sp³-hybridized carbons (Fsp3) is 1.00. The molecule has 0 heterocycles. The first-order valence-electron chi connectivity index (χ1n) is 4.17. The van der Waals surface area contributed by atoms with Crippen molar-refractivity contribution in [1.82, 2.24) is 0 Å². The molecular formula is C9H20O. The van der Waals surface area contributed by atoms with E-state index in [1.807, 2.05) is 0 Å². The van der Waals surface area contributed by atoms with Gasteiger partial charge in [-0.2, -0.15) is 0 Å². The van der Waals surface area contributed by atoms with Crippen LogP contribution in [0.5, 0.6) is 0 Å². The van der Waals surface area contributed by atoms with E-state index in [0.717, 1.165) is 12.8 Å². The van der Waals surface area contributed by atoms with Gasteiger partial charge in [0.1, 0.15) is 0 Å². The maximum absolute atomic E-state index is 9.09. The monoisotopic (exact) mass is 144 g/mol. The van der Waals surface area contributed by atoms with E-state index in [-0.39, 0.29) is 5.41 Å². The van der Waals surface area contributed by atoms with Crippen LogP contribution in [0.15, 0.2) is 0 Å². The van der Waals surface area contributed by atoms with E-state index < -0.39 is 0 Å². The molecule has 1 atom stereocenters. The summed E-state index contributed by atoms with van der Waals surface area (Å²) in [5, 5.41) is 9.09. The Bertz CT molecular complexity index is 88.7. The quantitative estimate of drug-likeness (QED) is 0.642. The molecule has 0 saturated heterocycles. The SMILES string of the molecule is CCC[C@](C)(CO)C(C)C. The van der Waals surface area contributed by atoms with E-state index in [1.54, 1.807) is 0 Å². The summed E-state index contributed by atoms with van der Waals surface area (Å²) in [5.74, 6) is 0.581.